The Morgan fingerprint density at radius 2 is 2.24 bits per heavy atom. The van der Waals surface area contributed by atoms with Gasteiger partial charge in [-0.2, -0.15) is 0 Å². The Morgan fingerprint density at radius 3 is 3.06 bits per heavy atom. The molecule has 0 amide bonds. The number of aliphatic hydroxyl groups is 1. The highest BCUT2D eigenvalue weighted by molar-refractivity contribution is 5.48. The normalized spacial score (nSPS) is 19.4. The van der Waals surface area contributed by atoms with Gasteiger partial charge in [0.2, 0.25) is 6.79 Å². The van der Waals surface area contributed by atoms with Gasteiger partial charge in [-0.3, -0.25) is 0 Å². The van der Waals surface area contributed by atoms with Crippen LogP contribution in [-0.4, -0.2) is 24.5 Å². The lowest BCUT2D eigenvalue weighted by Gasteiger charge is -2.11. The quantitative estimate of drug-likeness (QED) is 0.807. The van der Waals surface area contributed by atoms with E-state index in [0.29, 0.717) is 25.8 Å². The number of nitrogens with one attached hydrogen (secondary N) is 1. The van der Waals surface area contributed by atoms with Crippen molar-refractivity contribution >= 4 is 0 Å². The van der Waals surface area contributed by atoms with Crippen LogP contribution in [0.1, 0.15) is 18.4 Å². The Morgan fingerprint density at radius 1 is 1.35 bits per heavy atom. The maximum Gasteiger partial charge on any atom is 0.231 e. The van der Waals surface area contributed by atoms with Gasteiger partial charge in [-0.25, -0.2) is 0 Å². The topological polar surface area (TPSA) is 50.7 Å². The molecule has 0 aromatic heterocycles. The second kappa shape index (κ2) is 4.55. The predicted octanol–water partition coefficient (Wildman–Crippen LogP) is 1.28. The van der Waals surface area contributed by atoms with Crippen LogP contribution in [0.5, 0.6) is 11.5 Å². The average molecular weight is 235 g/mol. The standard InChI is InChI=1S/C13H17NO3/c15-11(9-4-5-9)7-14-6-10-2-1-3-12-13(10)17-8-16-12/h1-3,9,11,14-15H,4-8H2. The number of fused-ring (bicyclic) bond motifs is 1. The first-order valence-electron chi connectivity index (χ1n) is 6.11. The first-order chi connectivity index (χ1) is 8.34. The molecule has 0 spiro atoms. The summed E-state index contributed by atoms with van der Waals surface area (Å²) in [6, 6.07) is 5.89. The molecule has 0 radical (unpaired) electrons. The van der Waals surface area contributed by atoms with Gasteiger partial charge >= 0.3 is 0 Å². The summed E-state index contributed by atoms with van der Waals surface area (Å²) in [6.45, 7) is 1.66. The summed E-state index contributed by atoms with van der Waals surface area (Å²) in [5.41, 5.74) is 1.09. The van der Waals surface area contributed by atoms with Crippen LogP contribution >= 0.6 is 0 Å². The van der Waals surface area contributed by atoms with Gasteiger partial charge in [-0.05, 0) is 24.8 Å². The van der Waals surface area contributed by atoms with E-state index in [0.717, 1.165) is 17.1 Å². The number of hydrogen-bond acceptors (Lipinski definition) is 4. The molecule has 1 heterocycles. The number of rotatable bonds is 5. The van der Waals surface area contributed by atoms with Crippen molar-refractivity contribution in [2.45, 2.75) is 25.5 Å². The molecule has 1 unspecified atom stereocenters. The molecule has 1 aromatic carbocycles. The minimum absolute atomic E-state index is 0.205. The van der Waals surface area contributed by atoms with E-state index in [4.69, 9.17) is 9.47 Å². The van der Waals surface area contributed by atoms with Gasteiger partial charge in [0.05, 0.1) is 6.10 Å². The zero-order chi connectivity index (χ0) is 11.7. The Balaban J connectivity index is 1.56. The number of hydrogen-bond donors (Lipinski definition) is 2. The first kappa shape index (κ1) is 10.9. The number of ether oxygens (including phenoxy) is 2. The molecule has 4 heteroatoms. The summed E-state index contributed by atoms with van der Waals surface area (Å²) in [6.07, 6.45) is 2.13. The van der Waals surface area contributed by atoms with E-state index in [-0.39, 0.29) is 6.10 Å². The molecule has 1 saturated carbocycles. The fraction of sp³-hybridized carbons (Fsp3) is 0.538. The van der Waals surface area contributed by atoms with Crippen molar-refractivity contribution in [2.24, 2.45) is 5.92 Å². The molecular weight excluding hydrogens is 218 g/mol. The van der Waals surface area contributed by atoms with Crippen LogP contribution in [0.4, 0.5) is 0 Å². The third-order valence-corrected chi connectivity index (χ3v) is 3.31. The lowest BCUT2D eigenvalue weighted by atomic mass is 10.1. The first-order valence-corrected chi connectivity index (χ1v) is 6.11. The molecule has 0 saturated heterocycles. The van der Waals surface area contributed by atoms with Crippen molar-refractivity contribution in [1.82, 2.24) is 5.32 Å². The average Bonchev–Trinajstić information content (AvgIpc) is 3.07. The molecule has 1 aliphatic heterocycles. The molecule has 1 fully saturated rings. The van der Waals surface area contributed by atoms with Crippen molar-refractivity contribution in [1.29, 1.82) is 0 Å². The molecular formula is C13H17NO3. The fourth-order valence-electron chi connectivity index (χ4n) is 2.13. The smallest absolute Gasteiger partial charge is 0.231 e. The highest BCUT2D eigenvalue weighted by atomic mass is 16.7. The van der Waals surface area contributed by atoms with Crippen molar-refractivity contribution in [3.05, 3.63) is 23.8 Å². The number of benzene rings is 1. The lowest BCUT2D eigenvalue weighted by Crippen LogP contribution is -2.27. The van der Waals surface area contributed by atoms with E-state index in [9.17, 15) is 5.11 Å². The van der Waals surface area contributed by atoms with E-state index in [1.165, 1.54) is 12.8 Å². The molecule has 2 aliphatic rings. The van der Waals surface area contributed by atoms with Crippen LogP contribution in [-0.2, 0) is 6.54 Å². The maximum atomic E-state index is 9.74. The molecule has 0 bridgehead atoms. The highest BCUT2D eigenvalue weighted by Gasteiger charge is 2.29. The molecule has 92 valence electrons. The summed E-state index contributed by atoms with van der Waals surface area (Å²) >= 11 is 0. The second-order valence-electron chi connectivity index (χ2n) is 4.69. The van der Waals surface area contributed by atoms with Gasteiger partial charge in [-0.1, -0.05) is 12.1 Å². The minimum atomic E-state index is -0.205. The Bertz CT molecular complexity index is 404. The zero-order valence-corrected chi connectivity index (χ0v) is 9.69. The number of para-hydroxylation sites is 1. The molecule has 4 nitrogen and oxygen atoms in total. The van der Waals surface area contributed by atoms with Crippen molar-refractivity contribution in [3.63, 3.8) is 0 Å². The summed E-state index contributed by atoms with van der Waals surface area (Å²) in [7, 11) is 0. The Labute approximate surface area is 101 Å². The van der Waals surface area contributed by atoms with Crippen molar-refractivity contribution in [2.75, 3.05) is 13.3 Å². The molecule has 1 aromatic rings. The summed E-state index contributed by atoms with van der Waals surface area (Å²) < 4.78 is 10.7. The number of aliphatic hydroxyl groups excluding tert-OH is 1. The second-order valence-corrected chi connectivity index (χ2v) is 4.69. The predicted molar refractivity (Wildman–Crippen MR) is 63.0 cm³/mol. The highest BCUT2D eigenvalue weighted by Crippen LogP contribution is 2.35. The van der Waals surface area contributed by atoms with Crippen molar-refractivity contribution in [3.8, 4) is 11.5 Å². The van der Waals surface area contributed by atoms with E-state index in [1.54, 1.807) is 0 Å². The fourth-order valence-corrected chi connectivity index (χ4v) is 2.13. The maximum absolute atomic E-state index is 9.74. The van der Waals surface area contributed by atoms with E-state index in [1.807, 2.05) is 18.2 Å². The van der Waals surface area contributed by atoms with Gasteiger partial charge in [0.25, 0.3) is 0 Å². The van der Waals surface area contributed by atoms with Crippen LogP contribution in [0.2, 0.25) is 0 Å². The summed E-state index contributed by atoms with van der Waals surface area (Å²) in [5.74, 6) is 2.16. The largest absolute Gasteiger partial charge is 0.454 e. The molecule has 1 aliphatic carbocycles. The van der Waals surface area contributed by atoms with Crippen LogP contribution in [0.15, 0.2) is 18.2 Å². The van der Waals surface area contributed by atoms with Crippen LogP contribution in [0, 0.1) is 5.92 Å². The third kappa shape index (κ3) is 2.37. The van der Waals surface area contributed by atoms with Gasteiger partial charge < -0.3 is 19.9 Å². The van der Waals surface area contributed by atoms with Crippen LogP contribution in [0.25, 0.3) is 0 Å². The van der Waals surface area contributed by atoms with Gasteiger partial charge in [0, 0.05) is 18.7 Å². The minimum Gasteiger partial charge on any atom is -0.454 e. The summed E-state index contributed by atoms with van der Waals surface area (Å²) in [4.78, 5) is 0. The van der Waals surface area contributed by atoms with E-state index < -0.39 is 0 Å². The summed E-state index contributed by atoms with van der Waals surface area (Å²) in [5, 5.41) is 13.0. The monoisotopic (exact) mass is 235 g/mol. The van der Waals surface area contributed by atoms with Crippen LogP contribution < -0.4 is 14.8 Å². The van der Waals surface area contributed by atoms with Gasteiger partial charge in [-0.15, -0.1) is 0 Å². The molecule has 3 rings (SSSR count). The zero-order valence-electron chi connectivity index (χ0n) is 9.69. The van der Waals surface area contributed by atoms with E-state index >= 15 is 0 Å². The van der Waals surface area contributed by atoms with E-state index in [2.05, 4.69) is 5.32 Å². The lowest BCUT2D eigenvalue weighted by molar-refractivity contribution is 0.148. The SMILES string of the molecule is OC(CNCc1cccc2c1OCO2)C1CC1. The Hall–Kier alpha value is -1.26. The third-order valence-electron chi connectivity index (χ3n) is 3.31. The van der Waals surface area contributed by atoms with Gasteiger partial charge in [0.1, 0.15) is 0 Å². The van der Waals surface area contributed by atoms with Gasteiger partial charge in [0.15, 0.2) is 11.5 Å². The Kier molecular flexibility index (Phi) is 2.91. The van der Waals surface area contributed by atoms with Crippen molar-refractivity contribution < 1.29 is 14.6 Å². The molecule has 17 heavy (non-hydrogen) atoms. The molecule has 1 atom stereocenters. The molecule has 2 N–H and O–H groups in total. The van der Waals surface area contributed by atoms with Crippen LogP contribution in [0.3, 0.4) is 0 Å².